The van der Waals surface area contributed by atoms with Gasteiger partial charge in [-0.25, -0.2) is 8.42 Å². The Kier molecular flexibility index (Phi) is 2.85. The van der Waals surface area contributed by atoms with Gasteiger partial charge in [0, 0.05) is 17.2 Å². The van der Waals surface area contributed by atoms with Gasteiger partial charge in [-0.2, -0.15) is 0 Å². The molecule has 0 fully saturated rings. The van der Waals surface area contributed by atoms with Crippen LogP contribution in [0.25, 0.3) is 11.1 Å². The molecule has 2 aromatic rings. The second-order valence-electron chi connectivity index (χ2n) is 4.50. The lowest BCUT2D eigenvalue weighted by atomic mass is 10.0. The first kappa shape index (κ1) is 13.9. The lowest BCUT2D eigenvalue weighted by molar-refractivity contribution is -0.393. The molecule has 0 radical (unpaired) electrons. The topological polar surface area (TPSA) is 132 Å². The standard InChI is InChI=1S/C12H7N3O6S/c16-14(17)7-5-9-8-3-1-2-4-11(8)22(20,21)13-12(9)10(6-7)15(18)19/h1-6,13H. The Balaban J connectivity index is 2.44. The minimum absolute atomic E-state index is 0.0858. The highest BCUT2D eigenvalue weighted by Crippen LogP contribution is 2.45. The molecule has 10 heteroatoms. The molecule has 0 spiro atoms. The molecule has 3 rings (SSSR count). The van der Waals surface area contributed by atoms with E-state index in [1.165, 1.54) is 18.2 Å². The number of rotatable bonds is 2. The molecule has 9 nitrogen and oxygen atoms in total. The van der Waals surface area contributed by atoms with E-state index in [2.05, 4.69) is 4.72 Å². The molecule has 22 heavy (non-hydrogen) atoms. The Labute approximate surface area is 123 Å². The number of anilines is 1. The molecule has 0 bridgehead atoms. The van der Waals surface area contributed by atoms with Gasteiger partial charge in [0.1, 0.15) is 5.69 Å². The maximum Gasteiger partial charge on any atom is 0.300 e. The number of hydrogen-bond donors (Lipinski definition) is 1. The summed E-state index contributed by atoms with van der Waals surface area (Å²) >= 11 is 0. The van der Waals surface area contributed by atoms with E-state index >= 15 is 0 Å². The summed E-state index contributed by atoms with van der Waals surface area (Å²) in [5.74, 6) is 0. The maximum absolute atomic E-state index is 12.2. The number of non-ortho nitro benzene ring substituents is 1. The van der Waals surface area contributed by atoms with E-state index in [1.54, 1.807) is 6.07 Å². The maximum atomic E-state index is 12.2. The summed E-state index contributed by atoms with van der Waals surface area (Å²) in [6, 6.07) is 7.66. The molecule has 1 aliphatic heterocycles. The Morgan fingerprint density at radius 1 is 0.955 bits per heavy atom. The largest absolute Gasteiger partial charge is 0.300 e. The van der Waals surface area contributed by atoms with E-state index in [4.69, 9.17) is 0 Å². The van der Waals surface area contributed by atoms with Crippen LogP contribution in [-0.4, -0.2) is 18.3 Å². The molecule has 2 aromatic carbocycles. The van der Waals surface area contributed by atoms with Gasteiger partial charge in [0.15, 0.2) is 0 Å². The zero-order valence-corrected chi connectivity index (χ0v) is 11.5. The third-order valence-corrected chi connectivity index (χ3v) is 4.62. The van der Waals surface area contributed by atoms with Gasteiger partial charge >= 0.3 is 5.69 Å². The predicted octanol–water partition coefficient (Wildman–Crippen LogP) is 2.28. The summed E-state index contributed by atoms with van der Waals surface area (Å²) in [7, 11) is -3.97. The smallest absolute Gasteiger partial charge is 0.272 e. The molecule has 1 aliphatic rings. The Bertz CT molecular complexity index is 938. The summed E-state index contributed by atoms with van der Waals surface area (Å²) in [6.45, 7) is 0. The number of hydrogen-bond acceptors (Lipinski definition) is 6. The highest BCUT2D eigenvalue weighted by Gasteiger charge is 2.34. The van der Waals surface area contributed by atoms with Gasteiger partial charge in [0.2, 0.25) is 0 Å². The SMILES string of the molecule is O=[N+]([O-])c1cc2c(c([N+](=O)[O-])c1)NS(=O)(=O)c1ccccc1-2. The van der Waals surface area contributed by atoms with Crippen molar-refractivity contribution in [3.05, 3.63) is 56.6 Å². The fourth-order valence-electron chi connectivity index (χ4n) is 2.29. The molecule has 0 aliphatic carbocycles. The second-order valence-corrected chi connectivity index (χ2v) is 6.15. The van der Waals surface area contributed by atoms with Gasteiger partial charge in [0.05, 0.1) is 20.8 Å². The molecule has 112 valence electrons. The summed E-state index contributed by atoms with van der Waals surface area (Å²) in [6.07, 6.45) is 0. The molecule has 0 saturated heterocycles. The number of sulfonamides is 1. The van der Waals surface area contributed by atoms with Crippen LogP contribution in [0, 0.1) is 20.2 Å². The number of benzene rings is 2. The fraction of sp³-hybridized carbons (Fsp3) is 0. The minimum Gasteiger partial charge on any atom is -0.272 e. The number of nitro groups is 2. The molecule has 0 unspecified atom stereocenters. The second kappa shape index (κ2) is 4.49. The van der Waals surface area contributed by atoms with Gasteiger partial charge in [-0.1, -0.05) is 18.2 Å². The molecular weight excluding hydrogens is 314 g/mol. The van der Waals surface area contributed by atoms with Crippen molar-refractivity contribution in [3.8, 4) is 11.1 Å². The van der Waals surface area contributed by atoms with E-state index in [0.717, 1.165) is 12.1 Å². The lowest BCUT2D eigenvalue weighted by Crippen LogP contribution is -2.20. The highest BCUT2D eigenvalue weighted by atomic mass is 32.2. The molecule has 1 heterocycles. The average molecular weight is 321 g/mol. The average Bonchev–Trinajstić information content (AvgIpc) is 2.46. The zero-order chi connectivity index (χ0) is 16.1. The van der Waals surface area contributed by atoms with Crippen molar-refractivity contribution in [2.24, 2.45) is 0 Å². The van der Waals surface area contributed by atoms with E-state index in [0.29, 0.717) is 0 Å². The summed E-state index contributed by atoms with van der Waals surface area (Å²) < 4.78 is 26.4. The lowest BCUT2D eigenvalue weighted by Gasteiger charge is -2.20. The molecule has 1 N–H and O–H groups in total. The third-order valence-electron chi connectivity index (χ3n) is 3.21. The van der Waals surface area contributed by atoms with Crippen LogP contribution in [0.15, 0.2) is 41.3 Å². The minimum atomic E-state index is -3.97. The monoisotopic (exact) mass is 321 g/mol. The summed E-state index contributed by atoms with van der Waals surface area (Å²) in [5.41, 5.74) is -1.13. The van der Waals surface area contributed by atoms with E-state index in [9.17, 15) is 28.6 Å². The van der Waals surface area contributed by atoms with Gasteiger partial charge in [-0.05, 0) is 6.07 Å². The van der Waals surface area contributed by atoms with Gasteiger partial charge in [-0.3, -0.25) is 25.0 Å². The highest BCUT2D eigenvalue weighted by molar-refractivity contribution is 7.93. The van der Waals surface area contributed by atoms with Crippen LogP contribution in [0.3, 0.4) is 0 Å². The van der Waals surface area contributed by atoms with Crippen LogP contribution < -0.4 is 4.72 Å². The molecule has 0 amide bonds. The number of nitrogens with zero attached hydrogens (tertiary/aromatic N) is 2. The van der Waals surface area contributed by atoms with E-state index in [1.807, 2.05) is 0 Å². The summed E-state index contributed by atoms with van der Waals surface area (Å²) in [4.78, 5) is 20.4. The predicted molar refractivity (Wildman–Crippen MR) is 76.0 cm³/mol. The van der Waals surface area contributed by atoms with Crippen LogP contribution in [0.1, 0.15) is 0 Å². The quantitative estimate of drug-likeness (QED) is 0.666. The van der Waals surface area contributed by atoms with Crippen LogP contribution in [0.4, 0.5) is 17.1 Å². The van der Waals surface area contributed by atoms with Crippen molar-refractivity contribution in [1.29, 1.82) is 0 Å². The van der Waals surface area contributed by atoms with Crippen molar-refractivity contribution >= 4 is 27.1 Å². The van der Waals surface area contributed by atoms with Crippen LogP contribution in [-0.2, 0) is 10.0 Å². The zero-order valence-electron chi connectivity index (χ0n) is 10.7. The third kappa shape index (κ3) is 1.97. The first-order valence-electron chi connectivity index (χ1n) is 5.90. The first-order chi connectivity index (χ1) is 10.3. The molecule has 0 saturated carbocycles. The van der Waals surface area contributed by atoms with Crippen LogP contribution in [0.5, 0.6) is 0 Å². The van der Waals surface area contributed by atoms with Gasteiger partial charge in [-0.15, -0.1) is 0 Å². The Morgan fingerprint density at radius 2 is 1.64 bits per heavy atom. The number of nitrogens with one attached hydrogen (secondary N) is 1. The van der Waals surface area contributed by atoms with Crippen molar-refractivity contribution in [3.63, 3.8) is 0 Å². The van der Waals surface area contributed by atoms with E-state index < -0.39 is 31.2 Å². The number of nitro benzene ring substituents is 2. The van der Waals surface area contributed by atoms with Crippen molar-refractivity contribution < 1.29 is 18.3 Å². The van der Waals surface area contributed by atoms with E-state index in [-0.39, 0.29) is 21.7 Å². The van der Waals surface area contributed by atoms with Crippen molar-refractivity contribution in [2.75, 3.05) is 4.72 Å². The molecule has 0 atom stereocenters. The Morgan fingerprint density at radius 3 is 2.27 bits per heavy atom. The van der Waals surface area contributed by atoms with Crippen LogP contribution in [0.2, 0.25) is 0 Å². The summed E-state index contributed by atoms with van der Waals surface area (Å²) in [5, 5.41) is 22.1. The van der Waals surface area contributed by atoms with Gasteiger partial charge in [0.25, 0.3) is 15.7 Å². The molecular formula is C12H7N3O6S. The fourth-order valence-corrected chi connectivity index (χ4v) is 3.61. The number of fused-ring (bicyclic) bond motifs is 3. The van der Waals surface area contributed by atoms with Gasteiger partial charge < -0.3 is 0 Å². The van der Waals surface area contributed by atoms with Crippen LogP contribution >= 0.6 is 0 Å². The Hall–Kier alpha value is -3.01. The normalized spacial score (nSPS) is 14.4. The van der Waals surface area contributed by atoms with Crippen molar-refractivity contribution in [1.82, 2.24) is 0 Å². The first-order valence-corrected chi connectivity index (χ1v) is 7.38. The molecule has 0 aromatic heterocycles. The van der Waals surface area contributed by atoms with Crippen molar-refractivity contribution in [2.45, 2.75) is 4.90 Å².